The Kier molecular flexibility index (Phi) is 3.61. The highest BCUT2D eigenvalue weighted by Gasteiger charge is 2.30. The van der Waals surface area contributed by atoms with Gasteiger partial charge in [0, 0.05) is 34.8 Å². The highest BCUT2D eigenvalue weighted by molar-refractivity contribution is 7.10. The Morgan fingerprint density at radius 1 is 1.26 bits per heavy atom. The molecule has 1 fully saturated rings. The second-order valence-electron chi connectivity index (χ2n) is 6.81. The Bertz CT molecular complexity index is 1180. The summed E-state index contributed by atoms with van der Waals surface area (Å²) in [5, 5.41) is 11.0. The number of likely N-dealkylation sites (tertiary alicyclic amines) is 1. The second kappa shape index (κ2) is 6.02. The molecule has 0 radical (unpaired) electrons. The molecular formula is C19H18N6OS. The van der Waals surface area contributed by atoms with E-state index < -0.39 is 0 Å². The zero-order chi connectivity index (χ0) is 18.5. The summed E-state index contributed by atoms with van der Waals surface area (Å²) in [7, 11) is 1.82. The van der Waals surface area contributed by atoms with Crippen molar-refractivity contribution in [3.63, 3.8) is 0 Å². The van der Waals surface area contributed by atoms with Crippen molar-refractivity contribution in [1.29, 1.82) is 0 Å². The van der Waals surface area contributed by atoms with Gasteiger partial charge in [-0.15, -0.1) is 16.4 Å². The summed E-state index contributed by atoms with van der Waals surface area (Å²) in [4.78, 5) is 24.8. The lowest BCUT2D eigenvalue weighted by Gasteiger charge is -2.14. The zero-order valence-corrected chi connectivity index (χ0v) is 15.8. The molecule has 4 heterocycles. The molecule has 3 aromatic heterocycles. The fourth-order valence-corrected chi connectivity index (χ4v) is 4.13. The van der Waals surface area contributed by atoms with Crippen LogP contribution in [-0.4, -0.2) is 50.0 Å². The Morgan fingerprint density at radius 2 is 2.11 bits per heavy atom. The number of likely N-dealkylation sites (N-methyl/N-ethyl adjacent to an activating group) is 1. The number of fused-ring (bicyclic) bond motifs is 3. The number of nitrogens with one attached hydrogen (secondary N) is 1. The van der Waals surface area contributed by atoms with Gasteiger partial charge in [0.25, 0.3) is 0 Å². The molecule has 1 aromatic carbocycles. The molecule has 27 heavy (non-hydrogen) atoms. The van der Waals surface area contributed by atoms with E-state index in [0.29, 0.717) is 11.8 Å². The molecule has 8 heteroatoms. The standard InChI is InChI=1S/C19H18N6OS/c1-11-9-12(10-27-11)16-22-17-13-5-3-4-6-14(13)20-19(25(17)23-16)21-15-7-8-24(2)18(15)26/h3-6,9-10,15H,7-8H2,1-2H3,(H,20,21)/t15-/m1/s1. The number of benzene rings is 1. The average molecular weight is 378 g/mol. The molecule has 1 N–H and O–H groups in total. The minimum atomic E-state index is -0.289. The van der Waals surface area contributed by atoms with Crippen LogP contribution in [0.2, 0.25) is 0 Å². The largest absolute Gasteiger partial charge is 0.344 e. The van der Waals surface area contributed by atoms with Crippen LogP contribution in [0.5, 0.6) is 0 Å². The molecule has 0 saturated carbocycles. The first-order chi connectivity index (χ1) is 13.1. The van der Waals surface area contributed by atoms with Crippen molar-refractivity contribution >= 4 is 39.7 Å². The van der Waals surface area contributed by atoms with Gasteiger partial charge in [-0.05, 0) is 31.5 Å². The number of aryl methyl sites for hydroxylation is 1. The lowest BCUT2D eigenvalue weighted by Crippen LogP contribution is -2.32. The van der Waals surface area contributed by atoms with Gasteiger partial charge in [-0.25, -0.2) is 9.97 Å². The van der Waals surface area contributed by atoms with Crippen LogP contribution in [0.15, 0.2) is 35.7 Å². The third-order valence-corrected chi connectivity index (χ3v) is 5.76. The number of hydrogen-bond donors (Lipinski definition) is 1. The molecule has 136 valence electrons. The van der Waals surface area contributed by atoms with Gasteiger partial charge >= 0.3 is 0 Å². The molecule has 0 unspecified atom stereocenters. The predicted octanol–water partition coefficient (Wildman–Crippen LogP) is 2.96. The van der Waals surface area contributed by atoms with Crippen LogP contribution in [-0.2, 0) is 4.79 Å². The molecule has 7 nitrogen and oxygen atoms in total. The SMILES string of the molecule is Cc1cc(-c2nc3c4ccccc4nc(N[C@@H]4CCN(C)C4=O)n3n2)cs1. The molecule has 0 aliphatic carbocycles. The number of carbonyl (C=O) groups is 1. The first kappa shape index (κ1) is 16.2. The van der Waals surface area contributed by atoms with Crippen LogP contribution in [0.1, 0.15) is 11.3 Å². The highest BCUT2D eigenvalue weighted by Crippen LogP contribution is 2.27. The number of thiophene rings is 1. The minimum Gasteiger partial charge on any atom is -0.344 e. The molecule has 5 rings (SSSR count). The smallest absolute Gasteiger partial charge is 0.244 e. The van der Waals surface area contributed by atoms with Crippen LogP contribution in [0, 0.1) is 6.92 Å². The third-order valence-electron chi connectivity index (χ3n) is 4.90. The molecule has 1 aliphatic rings. The number of rotatable bonds is 3. The van der Waals surface area contributed by atoms with Crippen LogP contribution in [0.4, 0.5) is 5.95 Å². The number of aromatic nitrogens is 4. The Balaban J connectivity index is 1.68. The van der Waals surface area contributed by atoms with Gasteiger partial charge in [0.05, 0.1) is 5.52 Å². The maximum atomic E-state index is 12.3. The maximum Gasteiger partial charge on any atom is 0.244 e. The Hall–Kier alpha value is -3.00. The first-order valence-corrected chi connectivity index (χ1v) is 9.70. The summed E-state index contributed by atoms with van der Waals surface area (Å²) in [6.07, 6.45) is 0.747. The highest BCUT2D eigenvalue weighted by atomic mass is 32.1. The number of amides is 1. The summed E-state index contributed by atoms with van der Waals surface area (Å²) >= 11 is 1.67. The van der Waals surface area contributed by atoms with Gasteiger partial charge in [0.1, 0.15) is 6.04 Å². The van der Waals surface area contributed by atoms with E-state index in [2.05, 4.69) is 23.7 Å². The molecular weight excluding hydrogens is 360 g/mol. The van der Waals surface area contributed by atoms with Crippen molar-refractivity contribution < 1.29 is 4.79 Å². The Labute approximate surface area is 159 Å². The average Bonchev–Trinajstić information content (AvgIpc) is 3.37. The lowest BCUT2D eigenvalue weighted by molar-refractivity contribution is -0.127. The van der Waals surface area contributed by atoms with Crippen LogP contribution < -0.4 is 5.32 Å². The van der Waals surface area contributed by atoms with Crippen molar-refractivity contribution in [3.8, 4) is 11.4 Å². The Morgan fingerprint density at radius 3 is 2.85 bits per heavy atom. The van der Waals surface area contributed by atoms with Gasteiger partial charge in [-0.3, -0.25) is 4.79 Å². The van der Waals surface area contributed by atoms with E-state index in [0.717, 1.165) is 35.1 Å². The van der Waals surface area contributed by atoms with Gasteiger partial charge in [-0.1, -0.05) is 12.1 Å². The van der Waals surface area contributed by atoms with E-state index in [4.69, 9.17) is 15.1 Å². The molecule has 1 atom stereocenters. The summed E-state index contributed by atoms with van der Waals surface area (Å²) in [6, 6.07) is 9.65. The quantitative estimate of drug-likeness (QED) is 0.593. The predicted molar refractivity (Wildman–Crippen MR) is 106 cm³/mol. The normalized spacial score (nSPS) is 17.3. The topological polar surface area (TPSA) is 75.4 Å². The van der Waals surface area contributed by atoms with Gasteiger partial charge in [0.15, 0.2) is 11.5 Å². The first-order valence-electron chi connectivity index (χ1n) is 8.83. The van der Waals surface area contributed by atoms with E-state index in [1.165, 1.54) is 4.88 Å². The van der Waals surface area contributed by atoms with E-state index in [1.807, 2.05) is 31.3 Å². The number of anilines is 1. The van der Waals surface area contributed by atoms with Gasteiger partial charge in [0.2, 0.25) is 11.9 Å². The molecule has 1 saturated heterocycles. The number of hydrogen-bond acceptors (Lipinski definition) is 6. The summed E-state index contributed by atoms with van der Waals surface area (Å²) < 4.78 is 1.72. The fraction of sp³-hybridized carbons (Fsp3) is 0.263. The molecule has 0 bridgehead atoms. The van der Waals surface area contributed by atoms with E-state index in [9.17, 15) is 4.79 Å². The lowest BCUT2D eigenvalue weighted by atomic mass is 10.2. The number of para-hydroxylation sites is 1. The number of carbonyl (C=O) groups excluding carboxylic acids is 1. The third kappa shape index (κ3) is 2.64. The van der Waals surface area contributed by atoms with E-state index in [1.54, 1.807) is 20.8 Å². The van der Waals surface area contributed by atoms with Crippen molar-refractivity contribution in [1.82, 2.24) is 24.5 Å². The monoisotopic (exact) mass is 378 g/mol. The van der Waals surface area contributed by atoms with Crippen molar-refractivity contribution in [2.75, 3.05) is 18.9 Å². The van der Waals surface area contributed by atoms with E-state index >= 15 is 0 Å². The summed E-state index contributed by atoms with van der Waals surface area (Å²) in [5.41, 5.74) is 2.56. The van der Waals surface area contributed by atoms with Crippen LogP contribution >= 0.6 is 11.3 Å². The van der Waals surface area contributed by atoms with E-state index in [-0.39, 0.29) is 11.9 Å². The van der Waals surface area contributed by atoms with Crippen molar-refractivity contribution in [3.05, 3.63) is 40.6 Å². The summed E-state index contributed by atoms with van der Waals surface area (Å²) in [6.45, 7) is 2.81. The minimum absolute atomic E-state index is 0.0758. The zero-order valence-electron chi connectivity index (χ0n) is 15.0. The van der Waals surface area contributed by atoms with Crippen molar-refractivity contribution in [2.45, 2.75) is 19.4 Å². The molecule has 0 spiro atoms. The van der Waals surface area contributed by atoms with Crippen LogP contribution in [0.25, 0.3) is 27.9 Å². The maximum absolute atomic E-state index is 12.3. The fourth-order valence-electron chi connectivity index (χ4n) is 3.44. The number of nitrogens with zero attached hydrogens (tertiary/aromatic N) is 5. The van der Waals surface area contributed by atoms with Gasteiger partial charge < -0.3 is 10.2 Å². The molecule has 1 amide bonds. The second-order valence-corrected chi connectivity index (χ2v) is 7.93. The molecule has 4 aromatic rings. The molecule has 1 aliphatic heterocycles. The summed E-state index contributed by atoms with van der Waals surface area (Å²) in [5.74, 6) is 1.28. The van der Waals surface area contributed by atoms with Crippen LogP contribution in [0.3, 0.4) is 0 Å². The van der Waals surface area contributed by atoms with Crippen molar-refractivity contribution in [2.24, 2.45) is 0 Å². The van der Waals surface area contributed by atoms with Gasteiger partial charge in [-0.2, -0.15) is 4.52 Å².